The van der Waals surface area contributed by atoms with E-state index in [1.54, 1.807) is 0 Å². The highest BCUT2D eigenvalue weighted by Crippen LogP contribution is 2.35. The third-order valence-corrected chi connectivity index (χ3v) is 5.57. The van der Waals surface area contributed by atoms with Crippen LogP contribution in [-0.4, -0.2) is 36.0 Å². The van der Waals surface area contributed by atoms with Crippen molar-refractivity contribution in [2.75, 3.05) is 13.1 Å². The number of amides is 2. The molecular weight excluding hydrogens is 356 g/mol. The van der Waals surface area contributed by atoms with Crippen molar-refractivity contribution in [3.8, 4) is 0 Å². The van der Waals surface area contributed by atoms with Crippen molar-refractivity contribution in [2.45, 2.75) is 38.5 Å². The van der Waals surface area contributed by atoms with Crippen LogP contribution in [0, 0.1) is 5.41 Å². The van der Waals surface area contributed by atoms with Gasteiger partial charge in [0.25, 0.3) is 0 Å². The highest BCUT2D eigenvalue weighted by molar-refractivity contribution is 5.91. The maximum atomic E-state index is 12.3. The van der Waals surface area contributed by atoms with Crippen molar-refractivity contribution >= 4 is 28.6 Å². The van der Waals surface area contributed by atoms with E-state index in [0.29, 0.717) is 12.8 Å². The Hall–Kier alpha value is -2.89. The summed E-state index contributed by atoms with van der Waals surface area (Å²) in [4.78, 5) is 36.0. The lowest BCUT2D eigenvalue weighted by atomic mass is 9.74. The Balaban J connectivity index is 1.50. The van der Waals surface area contributed by atoms with Crippen molar-refractivity contribution in [3.05, 3.63) is 48.0 Å². The molecule has 6 nitrogen and oxygen atoms in total. The van der Waals surface area contributed by atoms with E-state index in [4.69, 9.17) is 0 Å². The summed E-state index contributed by atoms with van der Waals surface area (Å²) in [6, 6.07) is 13.7. The Labute approximate surface area is 164 Å². The third kappa shape index (κ3) is 4.68. The SMILES string of the molecule is O=C(CNC(=O)Cc1cccc2ccccc12)NCC1(C(=O)O)CCCCC1. The fourth-order valence-electron chi connectivity index (χ4n) is 3.89. The van der Waals surface area contributed by atoms with Gasteiger partial charge in [-0.2, -0.15) is 0 Å². The summed E-state index contributed by atoms with van der Waals surface area (Å²) < 4.78 is 0. The highest BCUT2D eigenvalue weighted by Gasteiger charge is 2.39. The van der Waals surface area contributed by atoms with Crippen LogP contribution in [0.2, 0.25) is 0 Å². The number of hydrogen-bond acceptors (Lipinski definition) is 3. The van der Waals surface area contributed by atoms with Crippen LogP contribution in [0.3, 0.4) is 0 Å². The molecule has 0 bridgehead atoms. The van der Waals surface area contributed by atoms with Crippen LogP contribution in [0.4, 0.5) is 0 Å². The number of carboxylic acids is 1. The topological polar surface area (TPSA) is 95.5 Å². The lowest BCUT2D eigenvalue weighted by molar-refractivity contribution is -0.151. The third-order valence-electron chi connectivity index (χ3n) is 5.57. The molecule has 0 atom stereocenters. The molecule has 0 aliphatic heterocycles. The van der Waals surface area contributed by atoms with Crippen molar-refractivity contribution in [3.63, 3.8) is 0 Å². The lowest BCUT2D eigenvalue weighted by Gasteiger charge is -2.33. The molecule has 1 saturated carbocycles. The molecule has 0 unspecified atom stereocenters. The summed E-state index contributed by atoms with van der Waals surface area (Å²) in [5, 5.41) is 17.0. The van der Waals surface area contributed by atoms with Crippen LogP contribution in [0.1, 0.15) is 37.7 Å². The minimum atomic E-state index is -0.874. The Kier molecular flexibility index (Phi) is 6.29. The van der Waals surface area contributed by atoms with E-state index in [2.05, 4.69) is 10.6 Å². The van der Waals surface area contributed by atoms with E-state index in [9.17, 15) is 19.5 Å². The zero-order valence-electron chi connectivity index (χ0n) is 15.9. The first-order valence-electron chi connectivity index (χ1n) is 9.74. The molecular formula is C22H26N2O4. The van der Waals surface area contributed by atoms with Crippen LogP contribution in [0.5, 0.6) is 0 Å². The second-order valence-electron chi connectivity index (χ2n) is 7.51. The monoisotopic (exact) mass is 382 g/mol. The maximum absolute atomic E-state index is 12.3. The van der Waals surface area contributed by atoms with Crippen molar-refractivity contribution in [1.82, 2.24) is 10.6 Å². The van der Waals surface area contributed by atoms with Crippen LogP contribution < -0.4 is 10.6 Å². The van der Waals surface area contributed by atoms with E-state index in [1.807, 2.05) is 42.5 Å². The number of carboxylic acid groups (broad SMARTS) is 1. The van der Waals surface area contributed by atoms with Gasteiger partial charge < -0.3 is 15.7 Å². The van der Waals surface area contributed by atoms with Gasteiger partial charge in [0, 0.05) is 6.54 Å². The molecule has 0 heterocycles. The zero-order valence-corrected chi connectivity index (χ0v) is 15.9. The van der Waals surface area contributed by atoms with Crippen molar-refractivity contribution < 1.29 is 19.5 Å². The van der Waals surface area contributed by atoms with Gasteiger partial charge in [-0.25, -0.2) is 0 Å². The van der Waals surface area contributed by atoms with Crippen molar-refractivity contribution in [2.24, 2.45) is 5.41 Å². The molecule has 1 fully saturated rings. The quantitative estimate of drug-likeness (QED) is 0.686. The van der Waals surface area contributed by atoms with Gasteiger partial charge in [-0.05, 0) is 29.2 Å². The first kappa shape index (κ1) is 19.9. The Morgan fingerprint density at radius 3 is 2.36 bits per heavy atom. The molecule has 3 rings (SSSR count). The average Bonchev–Trinajstić information content (AvgIpc) is 2.71. The standard InChI is InChI=1S/C22H26N2O4/c25-19(13-17-9-6-8-16-7-2-3-10-18(16)17)23-14-20(26)24-15-22(21(27)28)11-4-1-5-12-22/h2-3,6-10H,1,4-5,11-15H2,(H,23,25)(H,24,26)(H,27,28). The first-order chi connectivity index (χ1) is 13.5. The van der Waals surface area contributed by atoms with Gasteiger partial charge in [-0.3, -0.25) is 14.4 Å². The molecule has 28 heavy (non-hydrogen) atoms. The number of carbonyl (C=O) groups is 3. The van der Waals surface area contributed by atoms with Crippen LogP contribution >= 0.6 is 0 Å². The zero-order chi connectivity index (χ0) is 20.0. The van der Waals surface area contributed by atoms with Gasteiger partial charge >= 0.3 is 5.97 Å². The smallest absolute Gasteiger partial charge is 0.311 e. The summed E-state index contributed by atoms with van der Waals surface area (Å²) >= 11 is 0. The van der Waals surface area contributed by atoms with Crippen LogP contribution in [0.15, 0.2) is 42.5 Å². The summed E-state index contributed by atoms with van der Waals surface area (Å²) in [6.07, 6.45) is 4.11. The molecule has 3 N–H and O–H groups in total. The largest absolute Gasteiger partial charge is 0.481 e. The number of benzene rings is 2. The molecule has 2 aromatic carbocycles. The van der Waals surface area contributed by atoms with Gasteiger partial charge in [0.15, 0.2) is 0 Å². The summed E-state index contributed by atoms with van der Waals surface area (Å²) in [5.74, 6) is -1.46. The Morgan fingerprint density at radius 1 is 0.893 bits per heavy atom. The van der Waals surface area contributed by atoms with Gasteiger partial charge in [-0.1, -0.05) is 61.7 Å². The van der Waals surface area contributed by atoms with E-state index in [1.165, 1.54) is 0 Å². The molecule has 0 radical (unpaired) electrons. The number of fused-ring (bicyclic) bond motifs is 1. The number of hydrogen-bond donors (Lipinski definition) is 3. The molecule has 148 valence electrons. The van der Waals surface area contributed by atoms with Gasteiger partial charge in [0.05, 0.1) is 18.4 Å². The van der Waals surface area contributed by atoms with E-state index >= 15 is 0 Å². The second kappa shape index (κ2) is 8.87. The second-order valence-corrected chi connectivity index (χ2v) is 7.51. The van der Waals surface area contributed by atoms with Gasteiger partial charge in [0.1, 0.15) is 0 Å². The number of aliphatic carboxylic acids is 1. The van der Waals surface area contributed by atoms with Gasteiger partial charge in [-0.15, -0.1) is 0 Å². The maximum Gasteiger partial charge on any atom is 0.311 e. The fraction of sp³-hybridized carbons (Fsp3) is 0.409. The van der Waals surface area contributed by atoms with Crippen molar-refractivity contribution in [1.29, 1.82) is 0 Å². The van der Waals surface area contributed by atoms with Crippen LogP contribution in [-0.2, 0) is 20.8 Å². The minimum Gasteiger partial charge on any atom is -0.481 e. The first-order valence-corrected chi connectivity index (χ1v) is 9.74. The molecule has 1 aliphatic carbocycles. The van der Waals surface area contributed by atoms with Crippen LogP contribution in [0.25, 0.3) is 10.8 Å². The molecule has 2 aromatic rings. The summed E-state index contributed by atoms with van der Waals surface area (Å²) in [7, 11) is 0. The number of nitrogens with one attached hydrogen (secondary N) is 2. The lowest BCUT2D eigenvalue weighted by Crippen LogP contribution is -2.46. The van der Waals surface area contributed by atoms with E-state index < -0.39 is 11.4 Å². The Morgan fingerprint density at radius 2 is 1.61 bits per heavy atom. The number of rotatable bonds is 7. The summed E-state index contributed by atoms with van der Waals surface area (Å²) in [6.45, 7) is -0.0420. The molecule has 6 heteroatoms. The minimum absolute atomic E-state index is 0.111. The number of carbonyl (C=O) groups excluding carboxylic acids is 2. The predicted molar refractivity (Wildman–Crippen MR) is 107 cm³/mol. The fourth-order valence-corrected chi connectivity index (χ4v) is 3.89. The predicted octanol–water partition coefficient (Wildman–Crippen LogP) is 2.65. The molecule has 2 amide bonds. The molecule has 1 aliphatic rings. The van der Waals surface area contributed by atoms with Gasteiger partial charge in [0.2, 0.25) is 11.8 Å². The summed E-state index contributed by atoms with van der Waals surface area (Å²) in [5.41, 5.74) is 0.0315. The molecule has 0 saturated heterocycles. The highest BCUT2D eigenvalue weighted by atomic mass is 16.4. The average molecular weight is 382 g/mol. The Bertz CT molecular complexity index is 866. The van der Waals surface area contributed by atoms with E-state index in [0.717, 1.165) is 35.6 Å². The molecule has 0 aromatic heterocycles. The molecule has 0 spiro atoms. The van der Waals surface area contributed by atoms with E-state index in [-0.39, 0.29) is 31.3 Å². The normalized spacial score (nSPS) is 15.7.